The van der Waals surface area contributed by atoms with E-state index in [4.69, 9.17) is 9.47 Å². The maximum atomic E-state index is 14.0. The van der Waals surface area contributed by atoms with Crippen molar-refractivity contribution in [1.82, 2.24) is 0 Å². The molecule has 1 N–H and O–H groups in total. The van der Waals surface area contributed by atoms with Gasteiger partial charge < -0.3 is 14.6 Å². The molecule has 0 saturated heterocycles. The van der Waals surface area contributed by atoms with Crippen LogP contribution in [0, 0.1) is 39.8 Å². The van der Waals surface area contributed by atoms with Gasteiger partial charge in [-0.15, -0.1) is 6.58 Å². The lowest BCUT2D eigenvalue weighted by Gasteiger charge is -2.56. The van der Waals surface area contributed by atoms with Crippen LogP contribution in [0.5, 0.6) is 0 Å². The van der Waals surface area contributed by atoms with Crippen LogP contribution >= 0.6 is 0 Å². The third-order valence-corrected chi connectivity index (χ3v) is 10.4. The normalized spacial score (nSPS) is 28.6. The molecule has 7 atom stereocenters. The number of esters is 2. The number of halogens is 4. The van der Waals surface area contributed by atoms with Gasteiger partial charge in [-0.05, 0) is 61.1 Å². The van der Waals surface area contributed by atoms with Gasteiger partial charge in [0.15, 0.2) is 6.61 Å². The second-order valence-electron chi connectivity index (χ2n) is 12.7. The van der Waals surface area contributed by atoms with Crippen LogP contribution in [0.1, 0.15) is 77.8 Å². The van der Waals surface area contributed by atoms with E-state index >= 15 is 0 Å². The van der Waals surface area contributed by atoms with E-state index in [2.05, 4.69) is 6.58 Å². The van der Waals surface area contributed by atoms with Crippen molar-refractivity contribution in [2.75, 3.05) is 13.2 Å². The van der Waals surface area contributed by atoms with Crippen molar-refractivity contribution < 1.29 is 46.5 Å². The van der Waals surface area contributed by atoms with E-state index in [9.17, 15) is 37.1 Å². The van der Waals surface area contributed by atoms with Crippen LogP contribution in [0.25, 0.3) is 6.08 Å². The van der Waals surface area contributed by atoms with Gasteiger partial charge in [0.25, 0.3) is 0 Å². The monoisotopic (exact) mass is 610 g/mol. The zero-order valence-corrected chi connectivity index (χ0v) is 25.4. The molecule has 43 heavy (non-hydrogen) atoms. The smallest absolute Gasteiger partial charge is 0.416 e. The number of rotatable bonds is 11. The van der Waals surface area contributed by atoms with Crippen LogP contribution in [-0.4, -0.2) is 42.1 Å². The molecule has 0 heterocycles. The van der Waals surface area contributed by atoms with Crippen molar-refractivity contribution >= 4 is 23.8 Å². The lowest BCUT2D eigenvalue weighted by Crippen LogP contribution is -2.56. The molecule has 2 aliphatic rings. The first-order valence-corrected chi connectivity index (χ1v) is 14.7. The summed E-state index contributed by atoms with van der Waals surface area (Å²) < 4.78 is 62.6. The van der Waals surface area contributed by atoms with Crippen LogP contribution in [0.4, 0.5) is 17.6 Å². The number of aliphatic hydroxyl groups excluding tert-OH is 1. The lowest BCUT2D eigenvalue weighted by molar-refractivity contribution is -0.172. The number of aliphatic hydroxyl groups is 1. The first-order chi connectivity index (χ1) is 19.9. The largest absolute Gasteiger partial charge is 0.463 e. The molecule has 1 aromatic carbocycles. The number of alkyl halides is 3. The highest BCUT2D eigenvalue weighted by atomic mass is 19.4. The van der Waals surface area contributed by atoms with Gasteiger partial charge in [-0.3, -0.25) is 4.79 Å². The number of benzene rings is 1. The molecule has 0 spiro atoms. The van der Waals surface area contributed by atoms with Gasteiger partial charge in [0.1, 0.15) is 11.6 Å². The Kier molecular flexibility index (Phi) is 10.4. The molecule has 0 unspecified atom stereocenters. The van der Waals surface area contributed by atoms with Gasteiger partial charge >= 0.3 is 18.1 Å². The molecular weight excluding hydrogens is 568 g/mol. The highest BCUT2D eigenvalue weighted by Gasteiger charge is 2.63. The Labute approximate surface area is 250 Å². The number of carbonyl (C=O) groups is 3. The van der Waals surface area contributed by atoms with Gasteiger partial charge in [0, 0.05) is 34.8 Å². The summed E-state index contributed by atoms with van der Waals surface area (Å²) in [5, 5.41) is 11.5. The zero-order valence-electron chi connectivity index (χ0n) is 25.4. The number of fused-ring (bicyclic) bond motifs is 1. The summed E-state index contributed by atoms with van der Waals surface area (Å²) in [6.45, 7) is 13.0. The molecule has 238 valence electrons. The van der Waals surface area contributed by atoms with Crippen molar-refractivity contribution in [1.29, 1.82) is 0 Å². The third-order valence-electron chi connectivity index (χ3n) is 10.4. The summed E-state index contributed by atoms with van der Waals surface area (Å²) in [5.74, 6) is -3.54. The highest BCUT2D eigenvalue weighted by molar-refractivity contribution is 5.88. The molecule has 2 saturated carbocycles. The molecule has 1 aromatic rings. The maximum Gasteiger partial charge on any atom is 0.416 e. The molecule has 0 amide bonds. The molecular formula is C33H42F4O6. The summed E-state index contributed by atoms with van der Waals surface area (Å²) in [4.78, 5) is 38.1. The molecule has 6 nitrogen and oxygen atoms in total. The Balaban J connectivity index is 1.66. The van der Waals surface area contributed by atoms with Crippen molar-refractivity contribution in [3.05, 3.63) is 53.9 Å². The number of ketones is 1. The fraction of sp³-hybridized carbons (Fsp3) is 0.606. The lowest BCUT2D eigenvalue weighted by atomic mass is 9.48. The molecule has 3 rings (SSSR count). The quantitative estimate of drug-likeness (QED) is 0.126. The topological polar surface area (TPSA) is 89.9 Å². The molecule has 0 bridgehead atoms. The molecule has 0 aliphatic heterocycles. The van der Waals surface area contributed by atoms with Crippen LogP contribution in [0.3, 0.4) is 0 Å². The van der Waals surface area contributed by atoms with Gasteiger partial charge in [-0.2, -0.15) is 13.2 Å². The van der Waals surface area contributed by atoms with Crippen molar-refractivity contribution in [3.63, 3.8) is 0 Å². The predicted octanol–water partition coefficient (Wildman–Crippen LogP) is 6.95. The minimum absolute atomic E-state index is 0.0332. The van der Waals surface area contributed by atoms with Gasteiger partial charge in [0.05, 0.1) is 18.3 Å². The maximum absolute atomic E-state index is 14.0. The van der Waals surface area contributed by atoms with Crippen molar-refractivity contribution in [2.24, 2.45) is 34.0 Å². The van der Waals surface area contributed by atoms with E-state index in [-0.39, 0.29) is 29.8 Å². The highest BCUT2D eigenvalue weighted by Crippen LogP contribution is 2.64. The van der Waals surface area contributed by atoms with E-state index in [1.54, 1.807) is 6.08 Å². The number of Topliss-reactive ketones (excluding diaryl/α,β-unsaturated/α-hetero) is 1. The fourth-order valence-corrected chi connectivity index (χ4v) is 7.11. The minimum atomic E-state index is -4.71. The Morgan fingerprint density at radius 1 is 1.23 bits per heavy atom. The first kappa shape index (κ1) is 34.5. The van der Waals surface area contributed by atoms with Crippen molar-refractivity contribution in [2.45, 2.75) is 79.0 Å². The number of hydrogen-bond acceptors (Lipinski definition) is 6. The number of hydrogen-bond donors (Lipinski definition) is 1. The minimum Gasteiger partial charge on any atom is -0.463 e. The van der Waals surface area contributed by atoms with E-state index in [0.717, 1.165) is 31.1 Å². The fourth-order valence-electron chi connectivity index (χ4n) is 7.11. The van der Waals surface area contributed by atoms with E-state index < -0.39 is 64.4 Å². The Hall–Kier alpha value is -3.01. The standard InChI is InChI=1S/C33H42F4O6/c1-7-30(5,8-2)29(41)21(4)32-15-13-20(3)31(6,28(32)25(38)14-16-32)19-43-27(40)18-42-26(39)12-10-22-9-11-23(17-24(22)34)33(35,36)37/h7,9-12,17,20-21,28-29,41H,1,8,13-16,18-19H2,2-6H3/b12-10+/t20-,21+,28+,29+,30-,31-,32+/m1/s1. The zero-order chi connectivity index (χ0) is 32.4. The van der Waals surface area contributed by atoms with E-state index in [1.165, 1.54) is 0 Å². The van der Waals surface area contributed by atoms with Crippen LogP contribution in [0.15, 0.2) is 36.9 Å². The third kappa shape index (κ3) is 6.89. The molecule has 2 fully saturated rings. The second-order valence-corrected chi connectivity index (χ2v) is 12.7. The molecule has 0 radical (unpaired) electrons. The average molecular weight is 611 g/mol. The Morgan fingerprint density at radius 3 is 2.49 bits per heavy atom. The Morgan fingerprint density at radius 2 is 1.91 bits per heavy atom. The summed E-state index contributed by atoms with van der Waals surface area (Å²) >= 11 is 0. The summed E-state index contributed by atoms with van der Waals surface area (Å²) in [6, 6.07) is 1.89. The SMILES string of the molecule is C=C[C@](C)(CC)[C@@H](O)[C@H](C)[C@]12CCC(=O)[C@H]1[C@](C)(COC(=O)COC(=O)/C=C/c1ccc(C(F)(F)F)cc1F)[C@H](C)CC2. The summed E-state index contributed by atoms with van der Waals surface area (Å²) in [6.07, 6.45) is 1.38. The van der Waals surface area contributed by atoms with Gasteiger partial charge in [-0.1, -0.05) is 46.8 Å². The number of ether oxygens (including phenoxy) is 2. The van der Waals surface area contributed by atoms with Gasteiger partial charge in [-0.25, -0.2) is 14.0 Å². The van der Waals surface area contributed by atoms with Crippen molar-refractivity contribution in [3.8, 4) is 0 Å². The summed E-state index contributed by atoms with van der Waals surface area (Å²) in [5.41, 5.74) is -3.12. The molecule has 0 aromatic heterocycles. The van der Waals surface area contributed by atoms with Crippen LogP contribution < -0.4 is 0 Å². The van der Waals surface area contributed by atoms with E-state index in [1.807, 2.05) is 34.6 Å². The average Bonchev–Trinajstić information content (AvgIpc) is 3.32. The van der Waals surface area contributed by atoms with Crippen LogP contribution in [0.2, 0.25) is 0 Å². The number of carbonyl (C=O) groups excluding carboxylic acids is 3. The summed E-state index contributed by atoms with van der Waals surface area (Å²) in [7, 11) is 0. The Bertz CT molecular complexity index is 1260. The van der Waals surface area contributed by atoms with Gasteiger partial charge in [0.2, 0.25) is 0 Å². The van der Waals surface area contributed by atoms with Crippen LogP contribution in [-0.2, 0) is 30.0 Å². The second kappa shape index (κ2) is 12.9. The molecule has 10 heteroatoms. The van der Waals surface area contributed by atoms with E-state index in [0.29, 0.717) is 31.4 Å². The molecule has 2 aliphatic carbocycles. The first-order valence-electron chi connectivity index (χ1n) is 14.7. The predicted molar refractivity (Wildman–Crippen MR) is 153 cm³/mol.